The number of benzene rings is 3. The number of rotatable bonds is 7. The molecule has 0 radical (unpaired) electrons. The zero-order valence-corrected chi connectivity index (χ0v) is 22.5. The number of anilines is 1. The number of hydrogen-bond acceptors (Lipinski definition) is 5. The molecule has 1 unspecified atom stereocenters. The van der Waals surface area contributed by atoms with Crippen LogP contribution >= 0.6 is 0 Å². The average molecular weight is 534 g/mol. The lowest BCUT2D eigenvalue weighted by atomic mass is 9.96. The Morgan fingerprint density at radius 1 is 1.00 bits per heavy atom. The van der Waals surface area contributed by atoms with Crippen molar-refractivity contribution < 1.29 is 18.8 Å². The van der Waals surface area contributed by atoms with Crippen LogP contribution in [0.15, 0.2) is 88.9 Å². The highest BCUT2D eigenvalue weighted by Crippen LogP contribution is 2.31. The lowest BCUT2D eigenvalue weighted by Gasteiger charge is -2.28. The summed E-state index contributed by atoms with van der Waals surface area (Å²) in [6, 6.07) is 21.1. The molecule has 1 saturated heterocycles. The molecule has 40 heavy (non-hydrogen) atoms. The standard InChI is InChI=1S/C33H31N3O4/c1-22-11-13-25(14-12-22)32(38)35(20-19-23-7-3-2-4-8-23)28-21-30(37)36(33(28)39)26-17-15-24(16-18-26)31-34-27-9-5-6-10-29(27)40-31/h5-7,9-18,28H,2-4,8,19-21H2,1H3. The number of allylic oxidation sites excluding steroid dienone is 1. The number of carbonyl (C=O) groups is 3. The van der Waals surface area contributed by atoms with E-state index >= 15 is 0 Å². The van der Waals surface area contributed by atoms with E-state index < -0.39 is 6.04 Å². The molecule has 3 aromatic carbocycles. The Bertz CT molecular complexity index is 1570. The van der Waals surface area contributed by atoms with Gasteiger partial charge in [-0.2, -0.15) is 0 Å². The van der Waals surface area contributed by atoms with Crippen LogP contribution in [0.4, 0.5) is 5.69 Å². The Morgan fingerprint density at radius 2 is 1.77 bits per heavy atom. The van der Waals surface area contributed by atoms with E-state index in [1.165, 1.54) is 16.9 Å². The van der Waals surface area contributed by atoms with Crippen molar-refractivity contribution >= 4 is 34.5 Å². The van der Waals surface area contributed by atoms with E-state index in [1.54, 1.807) is 41.3 Å². The van der Waals surface area contributed by atoms with Crippen LogP contribution in [0.5, 0.6) is 0 Å². The fraction of sp³-hybridized carbons (Fsp3) is 0.273. The third kappa shape index (κ3) is 5.07. The largest absolute Gasteiger partial charge is 0.436 e. The van der Waals surface area contributed by atoms with Gasteiger partial charge in [0, 0.05) is 17.7 Å². The van der Waals surface area contributed by atoms with Crippen molar-refractivity contribution in [3.63, 3.8) is 0 Å². The van der Waals surface area contributed by atoms with E-state index in [9.17, 15) is 14.4 Å². The number of amides is 3. The van der Waals surface area contributed by atoms with E-state index in [0.717, 1.165) is 35.9 Å². The van der Waals surface area contributed by atoms with Gasteiger partial charge in [0.05, 0.1) is 12.1 Å². The molecule has 1 atom stereocenters. The second-order valence-electron chi connectivity index (χ2n) is 10.5. The van der Waals surface area contributed by atoms with Crippen LogP contribution in [0.2, 0.25) is 0 Å². The minimum absolute atomic E-state index is 0.0393. The number of para-hydroxylation sites is 2. The number of oxazole rings is 1. The highest BCUT2D eigenvalue weighted by Gasteiger charge is 2.44. The van der Waals surface area contributed by atoms with E-state index in [2.05, 4.69) is 11.1 Å². The predicted molar refractivity (Wildman–Crippen MR) is 154 cm³/mol. The molecule has 2 heterocycles. The summed E-state index contributed by atoms with van der Waals surface area (Å²) in [4.78, 5) is 48.0. The molecule has 1 fully saturated rings. The van der Waals surface area contributed by atoms with Crippen LogP contribution in [0, 0.1) is 6.92 Å². The van der Waals surface area contributed by atoms with Gasteiger partial charge in [-0.15, -0.1) is 0 Å². The molecule has 0 bridgehead atoms. The molecule has 7 nitrogen and oxygen atoms in total. The minimum atomic E-state index is -0.845. The number of fused-ring (bicyclic) bond motifs is 1. The van der Waals surface area contributed by atoms with Crippen LogP contribution in [-0.4, -0.2) is 40.2 Å². The first-order valence-electron chi connectivity index (χ1n) is 13.9. The Kier molecular flexibility index (Phi) is 7.03. The monoisotopic (exact) mass is 533 g/mol. The van der Waals surface area contributed by atoms with Gasteiger partial charge in [0.15, 0.2) is 5.58 Å². The predicted octanol–water partition coefficient (Wildman–Crippen LogP) is 6.47. The number of nitrogens with zero attached hydrogens (tertiary/aromatic N) is 3. The maximum atomic E-state index is 13.7. The third-order valence-electron chi connectivity index (χ3n) is 7.78. The fourth-order valence-electron chi connectivity index (χ4n) is 5.54. The lowest BCUT2D eigenvalue weighted by molar-refractivity contribution is -0.122. The van der Waals surface area contributed by atoms with Gasteiger partial charge in [0.2, 0.25) is 11.8 Å². The number of hydrogen-bond donors (Lipinski definition) is 0. The van der Waals surface area contributed by atoms with E-state index in [1.807, 2.05) is 43.3 Å². The van der Waals surface area contributed by atoms with Crippen molar-refractivity contribution in [3.8, 4) is 11.5 Å². The first-order valence-corrected chi connectivity index (χ1v) is 13.9. The molecule has 0 saturated carbocycles. The zero-order valence-electron chi connectivity index (χ0n) is 22.5. The summed E-state index contributed by atoms with van der Waals surface area (Å²) in [5, 5.41) is 0. The quantitative estimate of drug-likeness (QED) is 0.201. The van der Waals surface area contributed by atoms with Crippen LogP contribution in [0.25, 0.3) is 22.6 Å². The van der Waals surface area contributed by atoms with Crippen molar-refractivity contribution in [3.05, 3.63) is 95.6 Å². The molecule has 0 spiro atoms. The summed E-state index contributed by atoms with van der Waals surface area (Å²) in [7, 11) is 0. The van der Waals surface area contributed by atoms with Crippen molar-refractivity contribution in [2.75, 3.05) is 11.4 Å². The van der Waals surface area contributed by atoms with Crippen LogP contribution in [0.1, 0.15) is 54.4 Å². The van der Waals surface area contributed by atoms with Crippen molar-refractivity contribution in [1.29, 1.82) is 0 Å². The summed E-state index contributed by atoms with van der Waals surface area (Å²) in [5.41, 5.74) is 5.55. The third-order valence-corrected chi connectivity index (χ3v) is 7.78. The Morgan fingerprint density at radius 3 is 2.50 bits per heavy atom. The van der Waals surface area contributed by atoms with Crippen molar-refractivity contribution in [2.45, 2.75) is 51.5 Å². The van der Waals surface area contributed by atoms with Gasteiger partial charge in [-0.1, -0.05) is 41.5 Å². The Labute approximate surface area is 233 Å². The maximum Gasteiger partial charge on any atom is 0.257 e. The molecule has 2 aliphatic rings. The molecule has 3 amide bonds. The molecule has 6 rings (SSSR count). The SMILES string of the molecule is Cc1ccc(C(=O)N(CCC2=CCCCC2)C2CC(=O)N(c3ccc(-c4nc5ccccc5o4)cc3)C2=O)cc1. The first-order chi connectivity index (χ1) is 19.5. The molecule has 7 heteroatoms. The number of aromatic nitrogens is 1. The molecule has 1 aliphatic heterocycles. The topological polar surface area (TPSA) is 83.7 Å². The van der Waals surface area contributed by atoms with Crippen LogP contribution < -0.4 is 4.90 Å². The van der Waals surface area contributed by atoms with Gasteiger partial charge in [-0.25, -0.2) is 9.88 Å². The van der Waals surface area contributed by atoms with Crippen LogP contribution in [0.3, 0.4) is 0 Å². The molecular formula is C33H31N3O4. The summed E-state index contributed by atoms with van der Waals surface area (Å²) in [5.74, 6) is -0.451. The second-order valence-corrected chi connectivity index (χ2v) is 10.5. The van der Waals surface area contributed by atoms with E-state index in [4.69, 9.17) is 4.42 Å². The molecular weight excluding hydrogens is 502 g/mol. The van der Waals surface area contributed by atoms with Gasteiger partial charge in [0.25, 0.3) is 11.8 Å². The number of imide groups is 1. The minimum Gasteiger partial charge on any atom is -0.436 e. The number of aryl methyl sites for hydroxylation is 1. The first kappa shape index (κ1) is 25.7. The van der Waals surface area contributed by atoms with Crippen molar-refractivity contribution in [2.24, 2.45) is 0 Å². The summed E-state index contributed by atoms with van der Waals surface area (Å²) < 4.78 is 5.86. The summed E-state index contributed by atoms with van der Waals surface area (Å²) >= 11 is 0. The molecule has 202 valence electrons. The molecule has 0 N–H and O–H groups in total. The lowest BCUT2D eigenvalue weighted by Crippen LogP contribution is -2.46. The van der Waals surface area contributed by atoms with Gasteiger partial charge in [0.1, 0.15) is 11.6 Å². The van der Waals surface area contributed by atoms with Gasteiger partial charge in [-0.3, -0.25) is 14.4 Å². The molecule has 4 aromatic rings. The smallest absolute Gasteiger partial charge is 0.257 e. The van der Waals surface area contributed by atoms with Gasteiger partial charge >= 0.3 is 0 Å². The second kappa shape index (κ2) is 10.9. The fourth-order valence-corrected chi connectivity index (χ4v) is 5.54. The highest BCUT2D eigenvalue weighted by molar-refractivity contribution is 6.23. The normalized spacial score (nSPS) is 17.4. The molecule has 1 aromatic heterocycles. The van der Waals surface area contributed by atoms with E-state index in [0.29, 0.717) is 35.7 Å². The summed E-state index contributed by atoms with van der Waals surface area (Å²) in [6.45, 7) is 2.36. The highest BCUT2D eigenvalue weighted by atomic mass is 16.3. The Balaban J connectivity index is 1.25. The number of carbonyl (C=O) groups excluding carboxylic acids is 3. The maximum absolute atomic E-state index is 13.7. The zero-order chi connectivity index (χ0) is 27.6. The molecule has 1 aliphatic carbocycles. The van der Waals surface area contributed by atoms with Gasteiger partial charge in [-0.05, 0) is 87.6 Å². The van der Waals surface area contributed by atoms with Crippen LogP contribution in [-0.2, 0) is 9.59 Å². The van der Waals surface area contributed by atoms with Gasteiger partial charge < -0.3 is 9.32 Å². The van der Waals surface area contributed by atoms with E-state index in [-0.39, 0.29) is 24.1 Å². The average Bonchev–Trinajstić information content (AvgIpc) is 3.54. The Hall–Kier alpha value is -4.52. The van der Waals surface area contributed by atoms with Crippen molar-refractivity contribution in [1.82, 2.24) is 9.88 Å². The summed E-state index contributed by atoms with van der Waals surface area (Å²) in [6.07, 6.45) is 7.32.